The van der Waals surface area contributed by atoms with Gasteiger partial charge in [0.2, 0.25) is 0 Å². The van der Waals surface area contributed by atoms with Crippen molar-refractivity contribution in [2.75, 3.05) is 19.0 Å². The molecule has 0 radical (unpaired) electrons. The Balaban J connectivity index is 1.50. The van der Waals surface area contributed by atoms with Gasteiger partial charge in [-0.3, -0.25) is 9.36 Å². The summed E-state index contributed by atoms with van der Waals surface area (Å²) in [6.45, 7) is 7.06. The van der Waals surface area contributed by atoms with Gasteiger partial charge < -0.3 is 14.0 Å². The van der Waals surface area contributed by atoms with Crippen molar-refractivity contribution in [3.05, 3.63) is 53.0 Å². The van der Waals surface area contributed by atoms with Crippen molar-refractivity contribution in [2.45, 2.75) is 32.1 Å². The lowest BCUT2D eigenvalue weighted by Crippen LogP contribution is -2.05. The van der Waals surface area contributed by atoms with Crippen molar-refractivity contribution in [3.8, 4) is 17.3 Å². The summed E-state index contributed by atoms with van der Waals surface area (Å²) in [5.41, 5.74) is 2.53. The molecule has 6 nitrogen and oxygen atoms in total. The average Bonchev–Trinajstić information content (AvgIpc) is 3.12. The van der Waals surface area contributed by atoms with Crippen LogP contribution in [0.4, 0.5) is 0 Å². The summed E-state index contributed by atoms with van der Waals surface area (Å²) in [5, 5.41) is 4.07. The number of Topliss-reactive ketones (excluding diaryl/α,β-unsaturated/α-hetero) is 1. The quantitative estimate of drug-likeness (QED) is 0.465. The largest absolute Gasteiger partial charge is 0.490 e. The molecule has 0 atom stereocenters. The Hall–Kier alpha value is -2.67. The third-order valence-electron chi connectivity index (χ3n) is 4.67. The second kappa shape index (κ2) is 7.75. The number of hydrogen-bond donors (Lipinski definition) is 0. The molecule has 0 fully saturated rings. The summed E-state index contributed by atoms with van der Waals surface area (Å²) in [7, 11) is 0. The van der Waals surface area contributed by atoms with Gasteiger partial charge in [0, 0.05) is 34.3 Å². The summed E-state index contributed by atoms with van der Waals surface area (Å²) < 4.78 is 18.5. The summed E-state index contributed by atoms with van der Waals surface area (Å²) in [4.78, 5) is 13.8. The van der Waals surface area contributed by atoms with Crippen molar-refractivity contribution >= 4 is 17.5 Å². The number of fused-ring (bicyclic) bond motifs is 1. The van der Waals surface area contributed by atoms with Gasteiger partial charge in [-0.1, -0.05) is 5.16 Å². The predicted octanol–water partition coefficient (Wildman–Crippen LogP) is 4.53. The summed E-state index contributed by atoms with van der Waals surface area (Å²) in [6.07, 6.45) is 0.871. The first-order valence-electron chi connectivity index (χ1n) is 9.21. The second-order valence-electron chi connectivity index (χ2n) is 6.79. The summed E-state index contributed by atoms with van der Waals surface area (Å²) >= 11 is 1.50. The molecule has 28 heavy (non-hydrogen) atoms. The molecule has 3 aromatic rings. The number of aromatic nitrogens is 2. The number of rotatable bonds is 5. The molecule has 4 rings (SSSR count). The first-order chi connectivity index (χ1) is 13.5. The minimum Gasteiger partial charge on any atom is -0.490 e. The Labute approximate surface area is 167 Å². The van der Waals surface area contributed by atoms with Gasteiger partial charge in [0.25, 0.3) is 0 Å². The van der Waals surface area contributed by atoms with Gasteiger partial charge in [0.15, 0.2) is 23.1 Å². The van der Waals surface area contributed by atoms with Crippen molar-refractivity contribution in [2.24, 2.45) is 0 Å². The van der Waals surface area contributed by atoms with Crippen molar-refractivity contribution in [3.63, 3.8) is 0 Å². The van der Waals surface area contributed by atoms with E-state index >= 15 is 0 Å². The number of carbonyl (C=O) groups excluding carboxylic acids is 1. The van der Waals surface area contributed by atoms with Crippen LogP contribution in [0.3, 0.4) is 0 Å². The zero-order valence-electron chi connectivity index (χ0n) is 16.2. The maximum atomic E-state index is 12.9. The molecule has 0 bridgehead atoms. The Morgan fingerprint density at radius 1 is 1.11 bits per heavy atom. The normalized spacial score (nSPS) is 13.4. The zero-order valence-corrected chi connectivity index (χ0v) is 17.0. The zero-order chi connectivity index (χ0) is 19.7. The number of nitrogens with zero attached hydrogens (tertiary/aromatic N) is 2. The molecule has 1 aromatic carbocycles. The van der Waals surface area contributed by atoms with Gasteiger partial charge >= 0.3 is 0 Å². The van der Waals surface area contributed by atoms with E-state index in [1.54, 1.807) is 0 Å². The number of ketones is 1. The van der Waals surface area contributed by atoms with E-state index in [-0.39, 0.29) is 5.78 Å². The highest BCUT2D eigenvalue weighted by atomic mass is 32.2. The van der Waals surface area contributed by atoms with Crippen LogP contribution in [-0.4, -0.2) is 34.5 Å². The predicted molar refractivity (Wildman–Crippen MR) is 107 cm³/mol. The van der Waals surface area contributed by atoms with Gasteiger partial charge in [-0.2, -0.15) is 0 Å². The topological polar surface area (TPSA) is 66.5 Å². The number of aryl methyl sites for hydroxylation is 2. The molecule has 1 aliphatic heterocycles. The minimum absolute atomic E-state index is 0.0803. The Bertz CT molecular complexity index is 1020. The van der Waals surface area contributed by atoms with Crippen LogP contribution < -0.4 is 9.47 Å². The third kappa shape index (κ3) is 3.67. The number of thioether (sulfide) groups is 1. The highest BCUT2D eigenvalue weighted by Crippen LogP contribution is 2.34. The molecule has 2 aromatic heterocycles. The molecule has 7 heteroatoms. The van der Waals surface area contributed by atoms with Crippen molar-refractivity contribution in [1.29, 1.82) is 0 Å². The van der Waals surface area contributed by atoms with Crippen LogP contribution in [0.5, 0.6) is 11.5 Å². The van der Waals surface area contributed by atoms with Gasteiger partial charge in [-0.25, -0.2) is 0 Å². The maximum Gasteiger partial charge on any atom is 0.180 e. The molecular weight excluding hydrogens is 376 g/mol. The second-order valence-corrected chi connectivity index (χ2v) is 7.84. The van der Waals surface area contributed by atoms with E-state index in [0.717, 1.165) is 40.0 Å². The van der Waals surface area contributed by atoms with Gasteiger partial charge in [-0.15, -0.1) is 11.8 Å². The Kier molecular flexibility index (Phi) is 5.17. The summed E-state index contributed by atoms with van der Waals surface area (Å²) in [6, 6.07) is 9.59. The fraction of sp³-hybridized carbons (Fsp3) is 0.333. The van der Waals surface area contributed by atoms with E-state index in [4.69, 9.17) is 14.0 Å². The van der Waals surface area contributed by atoms with E-state index in [0.29, 0.717) is 30.3 Å². The average molecular weight is 398 g/mol. The number of ether oxygens (including phenoxy) is 2. The first-order valence-corrected chi connectivity index (χ1v) is 10.2. The van der Waals surface area contributed by atoms with Gasteiger partial charge in [0.05, 0.1) is 19.0 Å². The van der Waals surface area contributed by atoms with E-state index in [2.05, 4.69) is 5.16 Å². The first kappa shape index (κ1) is 18.7. The van der Waals surface area contributed by atoms with Crippen LogP contribution in [0.25, 0.3) is 5.82 Å². The molecule has 0 amide bonds. The Morgan fingerprint density at radius 3 is 2.64 bits per heavy atom. The fourth-order valence-electron chi connectivity index (χ4n) is 3.32. The van der Waals surface area contributed by atoms with Crippen molar-refractivity contribution in [1.82, 2.24) is 9.72 Å². The molecule has 1 aliphatic rings. The molecule has 146 valence electrons. The smallest absolute Gasteiger partial charge is 0.180 e. The minimum atomic E-state index is 0.0803. The standard InChI is InChI=1S/C21H22N2O4S/c1-13-9-17(15(3)23(13)21-10-14(2)27-22-21)18(24)12-28-16-5-6-19-20(11-16)26-8-4-7-25-19/h5-6,9-11H,4,7-8,12H2,1-3H3. The number of hydrogen-bond acceptors (Lipinski definition) is 6. The van der Waals surface area contributed by atoms with Crippen LogP contribution in [0.15, 0.2) is 39.8 Å². The molecular formula is C21H22N2O4S. The molecule has 0 spiro atoms. The van der Waals surface area contributed by atoms with Crippen LogP contribution >= 0.6 is 11.8 Å². The molecule has 0 N–H and O–H groups in total. The molecule has 0 saturated carbocycles. The molecule has 3 heterocycles. The van der Waals surface area contributed by atoms with E-state index in [1.807, 2.05) is 55.7 Å². The highest BCUT2D eigenvalue weighted by molar-refractivity contribution is 8.00. The van der Waals surface area contributed by atoms with Crippen molar-refractivity contribution < 1.29 is 18.8 Å². The lowest BCUT2D eigenvalue weighted by atomic mass is 10.2. The number of benzene rings is 1. The highest BCUT2D eigenvalue weighted by Gasteiger charge is 2.19. The van der Waals surface area contributed by atoms with E-state index in [1.165, 1.54) is 11.8 Å². The fourth-order valence-corrected chi connectivity index (χ4v) is 4.12. The van der Waals surface area contributed by atoms with Gasteiger partial charge in [-0.05, 0) is 45.0 Å². The van der Waals surface area contributed by atoms with E-state index < -0.39 is 0 Å². The monoisotopic (exact) mass is 398 g/mol. The molecule has 0 aliphatic carbocycles. The van der Waals surface area contributed by atoms with E-state index in [9.17, 15) is 4.79 Å². The Morgan fingerprint density at radius 2 is 1.89 bits per heavy atom. The molecule has 0 saturated heterocycles. The third-order valence-corrected chi connectivity index (χ3v) is 5.66. The lowest BCUT2D eigenvalue weighted by Gasteiger charge is -2.09. The molecule has 0 unspecified atom stereocenters. The maximum absolute atomic E-state index is 12.9. The summed E-state index contributed by atoms with van der Waals surface area (Å²) in [5.74, 6) is 3.37. The van der Waals surface area contributed by atoms with Crippen LogP contribution in [0, 0.1) is 20.8 Å². The van der Waals surface area contributed by atoms with Crippen LogP contribution in [0.1, 0.15) is 33.9 Å². The van der Waals surface area contributed by atoms with Crippen LogP contribution in [0.2, 0.25) is 0 Å². The lowest BCUT2D eigenvalue weighted by molar-refractivity contribution is 0.102. The SMILES string of the molecule is Cc1cc(-n2c(C)cc(C(=O)CSc3ccc4c(c3)OCCCO4)c2C)no1. The van der Waals surface area contributed by atoms with Crippen LogP contribution in [-0.2, 0) is 0 Å². The van der Waals surface area contributed by atoms with Gasteiger partial charge in [0.1, 0.15) is 5.76 Å². The number of carbonyl (C=O) groups is 1.